The van der Waals surface area contributed by atoms with Crippen molar-refractivity contribution in [3.05, 3.63) is 52.5 Å². The Labute approximate surface area is 154 Å². The summed E-state index contributed by atoms with van der Waals surface area (Å²) in [5, 5.41) is 5.73. The summed E-state index contributed by atoms with van der Waals surface area (Å²) in [5.74, 6) is 0.331. The molecule has 130 valence electrons. The Balaban J connectivity index is 1.86. The lowest BCUT2D eigenvalue weighted by Gasteiger charge is -2.30. The van der Waals surface area contributed by atoms with Gasteiger partial charge in [0.05, 0.1) is 30.6 Å². The Morgan fingerprint density at radius 3 is 2.84 bits per heavy atom. The minimum atomic E-state index is -0.250. The largest absolute Gasteiger partial charge is 0.497 e. The van der Waals surface area contributed by atoms with Gasteiger partial charge in [0.25, 0.3) is 5.91 Å². The molecule has 0 saturated carbocycles. The second-order valence-corrected chi connectivity index (χ2v) is 6.44. The van der Waals surface area contributed by atoms with Gasteiger partial charge in [-0.25, -0.2) is 0 Å². The summed E-state index contributed by atoms with van der Waals surface area (Å²) >= 11 is 3.40. The van der Waals surface area contributed by atoms with E-state index in [9.17, 15) is 9.59 Å². The van der Waals surface area contributed by atoms with Crippen LogP contribution in [0.5, 0.6) is 5.75 Å². The molecule has 2 N–H and O–H groups in total. The average Bonchev–Trinajstić information content (AvgIpc) is 2.62. The van der Waals surface area contributed by atoms with Gasteiger partial charge in [-0.1, -0.05) is 12.1 Å². The summed E-state index contributed by atoms with van der Waals surface area (Å²) in [5.41, 5.74) is 1.96. The zero-order chi connectivity index (χ0) is 17.8. The maximum absolute atomic E-state index is 12.7. The summed E-state index contributed by atoms with van der Waals surface area (Å²) in [7, 11) is 1.56. The van der Waals surface area contributed by atoms with E-state index in [0.29, 0.717) is 34.6 Å². The van der Waals surface area contributed by atoms with Crippen LogP contribution in [0.3, 0.4) is 0 Å². The normalized spacial score (nSPS) is 14.0. The standard InChI is InChI=1S/C18H18BrN3O3/c1-25-12-6-7-14(19)13(10-12)18(24)21-15-4-2-3-5-16(15)22-9-8-20-17(23)11-22/h2-7,10H,8-9,11H2,1H3,(H,20,23)(H,21,24). The molecule has 3 rings (SSSR count). The van der Waals surface area contributed by atoms with Crippen LogP contribution in [0.1, 0.15) is 10.4 Å². The Kier molecular flexibility index (Phi) is 5.23. The number of nitrogens with one attached hydrogen (secondary N) is 2. The van der Waals surface area contributed by atoms with Gasteiger partial charge in [-0.15, -0.1) is 0 Å². The molecule has 2 aromatic rings. The highest BCUT2D eigenvalue weighted by atomic mass is 79.9. The van der Waals surface area contributed by atoms with E-state index in [0.717, 1.165) is 5.69 Å². The Morgan fingerprint density at radius 1 is 1.28 bits per heavy atom. The number of hydrogen-bond acceptors (Lipinski definition) is 4. The first-order valence-electron chi connectivity index (χ1n) is 7.84. The molecule has 1 aliphatic rings. The molecular weight excluding hydrogens is 386 g/mol. The molecule has 1 aliphatic heterocycles. The summed E-state index contributed by atoms with van der Waals surface area (Å²) in [6.45, 7) is 1.56. The number of para-hydroxylation sites is 2. The summed E-state index contributed by atoms with van der Waals surface area (Å²) in [6.07, 6.45) is 0. The molecule has 0 aromatic heterocycles. The number of halogens is 1. The lowest BCUT2D eigenvalue weighted by molar-refractivity contribution is -0.120. The number of methoxy groups -OCH3 is 1. The molecule has 0 radical (unpaired) electrons. The predicted molar refractivity (Wildman–Crippen MR) is 100 cm³/mol. The molecule has 1 fully saturated rings. The third kappa shape index (κ3) is 3.93. The first-order valence-corrected chi connectivity index (χ1v) is 8.63. The molecule has 7 heteroatoms. The van der Waals surface area contributed by atoms with Crippen molar-refractivity contribution in [1.82, 2.24) is 5.32 Å². The molecule has 2 amide bonds. The van der Waals surface area contributed by atoms with Crippen LogP contribution in [0.15, 0.2) is 46.9 Å². The van der Waals surface area contributed by atoms with Crippen LogP contribution < -0.4 is 20.3 Å². The van der Waals surface area contributed by atoms with Crippen LogP contribution in [-0.2, 0) is 4.79 Å². The van der Waals surface area contributed by atoms with Crippen LogP contribution in [0.4, 0.5) is 11.4 Å². The van der Waals surface area contributed by atoms with E-state index in [2.05, 4.69) is 26.6 Å². The molecule has 0 bridgehead atoms. The van der Waals surface area contributed by atoms with Crippen LogP contribution in [0.25, 0.3) is 0 Å². The first-order chi connectivity index (χ1) is 12.1. The van der Waals surface area contributed by atoms with Crippen molar-refractivity contribution >= 4 is 39.1 Å². The molecule has 0 atom stereocenters. The van der Waals surface area contributed by atoms with E-state index >= 15 is 0 Å². The number of nitrogens with zero attached hydrogens (tertiary/aromatic N) is 1. The van der Waals surface area contributed by atoms with Crippen molar-refractivity contribution in [1.29, 1.82) is 0 Å². The maximum Gasteiger partial charge on any atom is 0.257 e. The quantitative estimate of drug-likeness (QED) is 0.822. The van der Waals surface area contributed by atoms with Gasteiger partial charge in [-0.05, 0) is 46.3 Å². The molecule has 25 heavy (non-hydrogen) atoms. The molecule has 1 heterocycles. The number of benzene rings is 2. The predicted octanol–water partition coefficient (Wildman–Crippen LogP) is 2.65. The van der Waals surface area contributed by atoms with Gasteiger partial charge < -0.3 is 20.3 Å². The number of piperazine rings is 1. The number of rotatable bonds is 4. The van der Waals surface area contributed by atoms with E-state index in [1.165, 1.54) is 0 Å². The highest BCUT2D eigenvalue weighted by Gasteiger charge is 2.20. The van der Waals surface area contributed by atoms with Crippen molar-refractivity contribution < 1.29 is 14.3 Å². The van der Waals surface area contributed by atoms with E-state index in [-0.39, 0.29) is 18.4 Å². The zero-order valence-electron chi connectivity index (χ0n) is 13.7. The highest BCUT2D eigenvalue weighted by Crippen LogP contribution is 2.28. The van der Waals surface area contributed by atoms with Crippen LogP contribution >= 0.6 is 15.9 Å². The van der Waals surface area contributed by atoms with Gasteiger partial charge in [0.2, 0.25) is 5.91 Å². The minimum absolute atomic E-state index is 0.0251. The number of hydrogen-bond donors (Lipinski definition) is 2. The third-order valence-corrected chi connectivity index (χ3v) is 4.64. The number of carbonyl (C=O) groups excluding carboxylic acids is 2. The Hall–Kier alpha value is -2.54. The topological polar surface area (TPSA) is 70.7 Å². The summed E-state index contributed by atoms with van der Waals surface area (Å²) < 4.78 is 5.87. The van der Waals surface area contributed by atoms with E-state index in [1.807, 2.05) is 29.2 Å². The van der Waals surface area contributed by atoms with Crippen molar-refractivity contribution in [2.24, 2.45) is 0 Å². The third-order valence-electron chi connectivity index (χ3n) is 3.95. The van der Waals surface area contributed by atoms with Crippen molar-refractivity contribution in [3.63, 3.8) is 0 Å². The van der Waals surface area contributed by atoms with E-state index in [1.54, 1.807) is 25.3 Å². The Morgan fingerprint density at radius 2 is 2.08 bits per heavy atom. The van der Waals surface area contributed by atoms with E-state index in [4.69, 9.17) is 4.74 Å². The van der Waals surface area contributed by atoms with Crippen molar-refractivity contribution in [2.45, 2.75) is 0 Å². The zero-order valence-corrected chi connectivity index (χ0v) is 15.3. The number of amides is 2. The Bertz CT molecular complexity index is 810. The SMILES string of the molecule is COc1ccc(Br)c(C(=O)Nc2ccccc2N2CCNC(=O)C2)c1. The molecule has 6 nitrogen and oxygen atoms in total. The molecule has 2 aromatic carbocycles. The molecule has 1 saturated heterocycles. The van der Waals surface area contributed by atoms with Gasteiger partial charge in [-0.3, -0.25) is 9.59 Å². The molecule has 0 spiro atoms. The second kappa shape index (κ2) is 7.57. The van der Waals surface area contributed by atoms with Gasteiger partial charge in [0.1, 0.15) is 5.75 Å². The summed E-state index contributed by atoms with van der Waals surface area (Å²) in [4.78, 5) is 26.3. The molecular formula is C18H18BrN3O3. The maximum atomic E-state index is 12.7. The van der Waals surface area contributed by atoms with Gasteiger partial charge in [0.15, 0.2) is 0 Å². The lowest BCUT2D eigenvalue weighted by atomic mass is 10.1. The number of anilines is 2. The number of carbonyl (C=O) groups is 2. The fourth-order valence-electron chi connectivity index (χ4n) is 2.69. The average molecular weight is 404 g/mol. The fraction of sp³-hybridized carbons (Fsp3) is 0.222. The first kappa shape index (κ1) is 17.3. The van der Waals surface area contributed by atoms with Crippen molar-refractivity contribution in [2.75, 3.05) is 37.0 Å². The monoisotopic (exact) mass is 403 g/mol. The van der Waals surface area contributed by atoms with Gasteiger partial charge in [0, 0.05) is 17.6 Å². The van der Waals surface area contributed by atoms with Crippen LogP contribution in [0, 0.1) is 0 Å². The molecule has 0 unspecified atom stereocenters. The van der Waals surface area contributed by atoms with E-state index < -0.39 is 0 Å². The van der Waals surface area contributed by atoms with Crippen molar-refractivity contribution in [3.8, 4) is 5.75 Å². The lowest BCUT2D eigenvalue weighted by Crippen LogP contribution is -2.47. The van der Waals surface area contributed by atoms with Gasteiger partial charge >= 0.3 is 0 Å². The highest BCUT2D eigenvalue weighted by molar-refractivity contribution is 9.10. The summed E-state index contributed by atoms with van der Waals surface area (Å²) in [6, 6.07) is 12.7. The smallest absolute Gasteiger partial charge is 0.257 e. The number of ether oxygens (including phenoxy) is 1. The molecule has 0 aliphatic carbocycles. The minimum Gasteiger partial charge on any atom is -0.497 e. The van der Waals surface area contributed by atoms with Gasteiger partial charge in [-0.2, -0.15) is 0 Å². The van der Waals surface area contributed by atoms with Crippen LogP contribution in [-0.4, -0.2) is 38.6 Å². The fourth-order valence-corrected chi connectivity index (χ4v) is 3.12. The van der Waals surface area contributed by atoms with Crippen LogP contribution in [0.2, 0.25) is 0 Å². The second-order valence-electron chi connectivity index (χ2n) is 5.59.